The predicted molar refractivity (Wildman–Crippen MR) is 134 cm³/mol. The smallest absolute Gasteiger partial charge is 0.264 e. The number of aryl methyl sites for hydroxylation is 1. The summed E-state index contributed by atoms with van der Waals surface area (Å²) in [4.78, 5) is 17.7. The summed E-state index contributed by atoms with van der Waals surface area (Å²) in [6.07, 6.45) is 3.45. The van der Waals surface area contributed by atoms with E-state index in [9.17, 15) is 13.2 Å². The molecule has 0 aliphatic heterocycles. The number of methoxy groups -OCH3 is 1. The molecule has 1 amide bonds. The maximum absolute atomic E-state index is 13.3. The average Bonchev–Trinajstić information content (AvgIpc) is 3.32. The van der Waals surface area contributed by atoms with Gasteiger partial charge in [-0.15, -0.1) is 0 Å². The monoisotopic (exact) mass is 490 g/mol. The molecule has 4 aromatic rings. The molecule has 0 aliphatic carbocycles. The Hall–Kier alpha value is -4.11. The maximum atomic E-state index is 13.3. The van der Waals surface area contributed by atoms with Crippen LogP contribution in [0.2, 0.25) is 0 Å². The summed E-state index contributed by atoms with van der Waals surface area (Å²) in [7, 11) is 1.05. The third-order valence-electron chi connectivity index (χ3n) is 5.72. The first kappa shape index (κ1) is 24.0. The molecule has 0 fully saturated rings. The van der Waals surface area contributed by atoms with Crippen LogP contribution in [0.1, 0.15) is 27.8 Å². The number of carbonyl (C=O) groups is 1. The van der Waals surface area contributed by atoms with Crippen LogP contribution in [-0.2, 0) is 17.1 Å². The van der Waals surface area contributed by atoms with Crippen LogP contribution in [0.3, 0.4) is 0 Å². The van der Waals surface area contributed by atoms with E-state index in [1.165, 1.54) is 23.5 Å². The van der Waals surface area contributed by atoms with Crippen molar-refractivity contribution in [2.24, 2.45) is 7.05 Å². The lowest BCUT2D eigenvalue weighted by Gasteiger charge is -2.21. The molecule has 0 radical (unpaired) electrons. The van der Waals surface area contributed by atoms with E-state index in [4.69, 9.17) is 4.74 Å². The Bertz CT molecular complexity index is 1420. The highest BCUT2D eigenvalue weighted by Gasteiger charge is 2.25. The Balaban J connectivity index is 1.64. The Morgan fingerprint density at radius 2 is 1.74 bits per heavy atom. The highest BCUT2D eigenvalue weighted by molar-refractivity contribution is 7.92. The van der Waals surface area contributed by atoms with E-state index < -0.39 is 22.0 Å². The number of para-hydroxylation sites is 1. The molecule has 0 saturated carbocycles. The van der Waals surface area contributed by atoms with E-state index in [2.05, 4.69) is 10.3 Å². The van der Waals surface area contributed by atoms with Crippen LogP contribution in [0.5, 0.6) is 5.75 Å². The molecule has 1 N–H and O–H groups in total. The number of hydrogen-bond acceptors (Lipinski definition) is 5. The van der Waals surface area contributed by atoms with Crippen molar-refractivity contribution in [2.75, 3.05) is 18.5 Å². The van der Waals surface area contributed by atoms with Crippen LogP contribution in [0.25, 0.3) is 0 Å². The van der Waals surface area contributed by atoms with E-state index in [1.807, 2.05) is 41.9 Å². The number of anilines is 1. The van der Waals surface area contributed by atoms with Gasteiger partial charge >= 0.3 is 0 Å². The zero-order valence-electron chi connectivity index (χ0n) is 19.6. The van der Waals surface area contributed by atoms with Crippen molar-refractivity contribution in [3.63, 3.8) is 0 Å². The number of carbonyl (C=O) groups excluding carboxylic acids is 1. The lowest BCUT2D eigenvalue weighted by molar-refractivity contribution is 0.0941. The van der Waals surface area contributed by atoms with Gasteiger partial charge in [0.1, 0.15) is 17.6 Å². The minimum atomic E-state index is -3.86. The number of hydrogen-bond donors (Lipinski definition) is 1. The van der Waals surface area contributed by atoms with E-state index in [0.29, 0.717) is 17.3 Å². The number of rotatable bonds is 8. The molecule has 0 spiro atoms. The SMILES string of the molecule is COc1ccc(C(NC(=O)c2cccc(S(=O)(=O)N(C)c3ccccc3)c2)c2nccn2C)cc1. The van der Waals surface area contributed by atoms with Crippen LogP contribution >= 0.6 is 0 Å². The molecule has 1 unspecified atom stereocenters. The van der Waals surface area contributed by atoms with E-state index in [0.717, 1.165) is 5.56 Å². The third-order valence-corrected chi connectivity index (χ3v) is 7.50. The van der Waals surface area contributed by atoms with Crippen LogP contribution in [0.15, 0.2) is 96.2 Å². The maximum Gasteiger partial charge on any atom is 0.264 e. The number of aromatic nitrogens is 2. The zero-order valence-corrected chi connectivity index (χ0v) is 20.4. The number of nitrogens with zero attached hydrogens (tertiary/aromatic N) is 3. The standard InChI is InChI=1S/C26H26N4O4S/c1-29-17-16-27-25(29)24(19-12-14-22(34-3)15-13-19)28-26(31)20-8-7-11-23(18-20)35(32,33)30(2)21-9-5-4-6-10-21/h4-18,24H,1-3H3,(H,28,31). The van der Waals surface area contributed by atoms with Gasteiger partial charge in [-0.1, -0.05) is 36.4 Å². The Kier molecular flexibility index (Phi) is 6.88. The number of benzene rings is 3. The lowest BCUT2D eigenvalue weighted by Crippen LogP contribution is -2.31. The molecule has 4 rings (SSSR count). The number of nitrogens with one attached hydrogen (secondary N) is 1. The van der Waals surface area contributed by atoms with Gasteiger partial charge in [0.15, 0.2) is 0 Å². The van der Waals surface area contributed by atoms with Crippen molar-refractivity contribution < 1.29 is 17.9 Å². The summed E-state index contributed by atoms with van der Waals surface area (Å²) in [6, 6.07) is 21.5. The van der Waals surface area contributed by atoms with Gasteiger partial charge in [-0.25, -0.2) is 13.4 Å². The van der Waals surface area contributed by atoms with E-state index >= 15 is 0 Å². The molecule has 180 valence electrons. The summed E-state index contributed by atoms with van der Waals surface area (Å²) in [5.74, 6) is 0.906. The first-order chi connectivity index (χ1) is 16.8. The number of amides is 1. The summed E-state index contributed by atoms with van der Waals surface area (Å²) in [5, 5.41) is 3.00. The molecule has 0 saturated heterocycles. The normalized spacial score (nSPS) is 12.1. The largest absolute Gasteiger partial charge is 0.497 e. The summed E-state index contributed by atoms with van der Waals surface area (Å²) in [6.45, 7) is 0. The highest BCUT2D eigenvalue weighted by Crippen LogP contribution is 2.25. The van der Waals surface area contributed by atoms with Gasteiger partial charge < -0.3 is 14.6 Å². The molecule has 35 heavy (non-hydrogen) atoms. The minimum absolute atomic E-state index is 0.0227. The zero-order chi connectivity index (χ0) is 25.0. The van der Waals surface area contributed by atoms with Gasteiger partial charge in [0, 0.05) is 32.1 Å². The lowest BCUT2D eigenvalue weighted by atomic mass is 10.0. The molecular weight excluding hydrogens is 464 g/mol. The van der Waals surface area contributed by atoms with Crippen molar-refractivity contribution in [3.05, 3.63) is 108 Å². The Morgan fingerprint density at radius 3 is 2.37 bits per heavy atom. The first-order valence-electron chi connectivity index (χ1n) is 10.9. The molecule has 9 heteroatoms. The van der Waals surface area contributed by atoms with E-state index in [1.54, 1.807) is 55.9 Å². The summed E-state index contributed by atoms with van der Waals surface area (Å²) < 4.78 is 34.7. The van der Waals surface area contributed by atoms with Crippen LogP contribution in [0.4, 0.5) is 5.69 Å². The third kappa shape index (κ3) is 5.04. The van der Waals surface area contributed by atoms with E-state index in [-0.39, 0.29) is 10.5 Å². The topological polar surface area (TPSA) is 93.5 Å². The molecule has 1 aromatic heterocycles. The van der Waals surface area contributed by atoms with Crippen molar-refractivity contribution in [1.29, 1.82) is 0 Å². The fourth-order valence-electron chi connectivity index (χ4n) is 3.70. The van der Waals surface area contributed by atoms with Gasteiger partial charge in [0.2, 0.25) is 0 Å². The molecule has 0 bridgehead atoms. The van der Waals surface area contributed by atoms with Crippen molar-refractivity contribution >= 4 is 21.6 Å². The molecule has 8 nitrogen and oxygen atoms in total. The summed E-state index contributed by atoms with van der Waals surface area (Å²) >= 11 is 0. The predicted octanol–water partition coefficient (Wildman–Crippen LogP) is 3.77. The van der Waals surface area contributed by atoms with Crippen LogP contribution < -0.4 is 14.4 Å². The Morgan fingerprint density at radius 1 is 1.03 bits per heavy atom. The van der Waals surface area contributed by atoms with Crippen molar-refractivity contribution in [2.45, 2.75) is 10.9 Å². The second-order valence-corrected chi connectivity index (χ2v) is 9.88. The molecular formula is C26H26N4O4S. The van der Waals surface area contributed by atoms with Gasteiger partial charge in [0.25, 0.3) is 15.9 Å². The minimum Gasteiger partial charge on any atom is -0.497 e. The average molecular weight is 491 g/mol. The second-order valence-electron chi connectivity index (χ2n) is 7.91. The molecule has 3 aromatic carbocycles. The fourth-order valence-corrected chi connectivity index (χ4v) is 4.94. The quantitative estimate of drug-likeness (QED) is 0.406. The second kappa shape index (κ2) is 10.0. The number of ether oxygens (including phenoxy) is 1. The Labute approximate surface area is 204 Å². The summed E-state index contributed by atoms with van der Waals surface area (Å²) in [5.41, 5.74) is 1.55. The molecule has 1 heterocycles. The van der Waals surface area contributed by atoms with Crippen molar-refractivity contribution in [3.8, 4) is 5.75 Å². The van der Waals surface area contributed by atoms with Gasteiger partial charge in [-0.05, 0) is 48.0 Å². The van der Waals surface area contributed by atoms with Crippen molar-refractivity contribution in [1.82, 2.24) is 14.9 Å². The first-order valence-corrected chi connectivity index (χ1v) is 12.3. The number of sulfonamides is 1. The van der Waals surface area contributed by atoms with Crippen LogP contribution in [-0.4, -0.2) is 38.0 Å². The van der Waals surface area contributed by atoms with Gasteiger partial charge in [-0.3, -0.25) is 9.10 Å². The fraction of sp³-hybridized carbons (Fsp3) is 0.154. The van der Waals surface area contributed by atoms with Gasteiger partial charge in [0.05, 0.1) is 17.7 Å². The number of imidazole rings is 1. The van der Waals surface area contributed by atoms with Crippen LogP contribution in [0, 0.1) is 0 Å². The van der Waals surface area contributed by atoms with Gasteiger partial charge in [-0.2, -0.15) is 0 Å². The highest BCUT2D eigenvalue weighted by atomic mass is 32.2. The molecule has 1 atom stereocenters. The molecule has 0 aliphatic rings.